The minimum absolute atomic E-state index is 0.154. The van der Waals surface area contributed by atoms with Crippen molar-refractivity contribution in [3.63, 3.8) is 0 Å². The van der Waals surface area contributed by atoms with Crippen LogP contribution < -0.4 is 0 Å². The average molecular weight is 705 g/mol. The van der Waals surface area contributed by atoms with Gasteiger partial charge in [0.2, 0.25) is 0 Å². The van der Waals surface area contributed by atoms with Crippen molar-refractivity contribution in [3.8, 4) is 46.3 Å². The Morgan fingerprint density at radius 2 is 1.39 bits per heavy atom. The van der Waals surface area contributed by atoms with Crippen LogP contribution in [0.4, 0.5) is 0 Å². The fraction of sp³-hybridized carbons (Fsp3) is 0.0952. The fourth-order valence-corrected chi connectivity index (χ4v) is 6.32. The van der Waals surface area contributed by atoms with Gasteiger partial charge in [0.15, 0.2) is 23.2 Å². The Kier molecular flexibility index (Phi) is 8.54. The zero-order chi connectivity index (χ0) is 37.3. The van der Waals surface area contributed by atoms with Gasteiger partial charge in [-0.25, -0.2) is 29.3 Å². The molecule has 0 atom stereocenters. The zero-order valence-electron chi connectivity index (χ0n) is 29.1. The summed E-state index contributed by atoms with van der Waals surface area (Å²) in [6.07, 6.45) is 3.92. The third-order valence-electron chi connectivity index (χ3n) is 9.02. The third kappa shape index (κ3) is 6.36. The fourth-order valence-electron chi connectivity index (χ4n) is 6.32. The van der Waals surface area contributed by atoms with Crippen LogP contribution in [0.15, 0.2) is 109 Å². The number of carbonyl (C=O) groups excluding carboxylic acids is 2. The van der Waals surface area contributed by atoms with Crippen molar-refractivity contribution in [3.05, 3.63) is 143 Å². The number of carbonyl (C=O) groups is 2. The van der Waals surface area contributed by atoms with E-state index in [1.807, 2.05) is 55.5 Å². The van der Waals surface area contributed by atoms with Crippen molar-refractivity contribution in [2.45, 2.75) is 26.7 Å². The first-order valence-electron chi connectivity index (χ1n) is 17.0. The predicted molar refractivity (Wildman–Crippen MR) is 201 cm³/mol. The lowest BCUT2D eigenvalue weighted by Crippen LogP contribution is -2.07. The molecule has 8 rings (SSSR count). The number of hydrogen-bond donors (Lipinski definition) is 0. The normalized spacial score (nSPS) is 11.0. The Hall–Kier alpha value is -7.70. The molecule has 0 amide bonds. The summed E-state index contributed by atoms with van der Waals surface area (Å²) in [7, 11) is 0. The van der Waals surface area contributed by atoms with Gasteiger partial charge in [-0.05, 0) is 86.1 Å². The molecule has 0 aliphatic carbocycles. The van der Waals surface area contributed by atoms with E-state index in [0.29, 0.717) is 90.6 Å². The molecule has 0 aliphatic heterocycles. The van der Waals surface area contributed by atoms with Crippen molar-refractivity contribution in [1.29, 1.82) is 10.5 Å². The van der Waals surface area contributed by atoms with E-state index in [4.69, 9.17) is 4.98 Å². The Balaban J connectivity index is 1.04. The number of aromatic nitrogens is 8. The van der Waals surface area contributed by atoms with Crippen molar-refractivity contribution in [2.24, 2.45) is 0 Å². The Bertz CT molecular complexity index is 2890. The lowest BCUT2D eigenvalue weighted by molar-refractivity contribution is 0.0976. The van der Waals surface area contributed by atoms with E-state index in [1.54, 1.807) is 70.3 Å². The minimum atomic E-state index is -0.159. The lowest BCUT2D eigenvalue weighted by atomic mass is 10.0. The highest BCUT2D eigenvalue weighted by Crippen LogP contribution is 2.29. The van der Waals surface area contributed by atoms with Crippen LogP contribution in [0, 0.1) is 29.6 Å². The topological polar surface area (TPSA) is 169 Å². The van der Waals surface area contributed by atoms with Crippen LogP contribution >= 0.6 is 0 Å². The molecule has 2 aromatic carbocycles. The van der Waals surface area contributed by atoms with Crippen LogP contribution in [0.1, 0.15) is 56.8 Å². The monoisotopic (exact) mass is 704 g/mol. The molecular formula is C42H28N10O2. The molecule has 6 heterocycles. The van der Waals surface area contributed by atoms with Crippen LogP contribution in [0.25, 0.3) is 56.0 Å². The minimum Gasteiger partial charge on any atom is -0.293 e. The van der Waals surface area contributed by atoms with E-state index in [-0.39, 0.29) is 18.0 Å². The van der Waals surface area contributed by atoms with Crippen molar-refractivity contribution >= 4 is 33.4 Å². The summed E-state index contributed by atoms with van der Waals surface area (Å²) < 4.78 is 3.31. The Labute approximate surface area is 308 Å². The number of rotatable bonds is 9. The van der Waals surface area contributed by atoms with Gasteiger partial charge in [0.1, 0.15) is 11.4 Å². The molecule has 0 radical (unpaired) electrons. The van der Waals surface area contributed by atoms with Gasteiger partial charge >= 0.3 is 0 Å². The van der Waals surface area contributed by atoms with E-state index in [1.165, 1.54) is 6.92 Å². The largest absolute Gasteiger partial charge is 0.293 e. The molecule has 0 saturated heterocycles. The van der Waals surface area contributed by atoms with Crippen LogP contribution in [-0.4, -0.2) is 51.1 Å². The van der Waals surface area contributed by atoms with E-state index < -0.39 is 0 Å². The van der Waals surface area contributed by atoms with Crippen LogP contribution in [-0.2, 0) is 6.42 Å². The summed E-state index contributed by atoms with van der Waals surface area (Å²) in [6.45, 7) is 3.36. The summed E-state index contributed by atoms with van der Waals surface area (Å²) in [6, 6.07) is 33.4. The zero-order valence-corrected chi connectivity index (χ0v) is 29.1. The smallest absolute Gasteiger partial charge is 0.181 e. The Morgan fingerprint density at radius 1 is 0.722 bits per heavy atom. The van der Waals surface area contributed by atoms with Gasteiger partial charge in [0.05, 0.1) is 51.9 Å². The van der Waals surface area contributed by atoms with E-state index in [2.05, 4.69) is 37.3 Å². The number of aryl methyl sites for hydroxylation is 2. The second kappa shape index (κ2) is 13.8. The maximum absolute atomic E-state index is 13.5. The molecule has 0 spiro atoms. The summed E-state index contributed by atoms with van der Waals surface area (Å²) in [5.74, 6) is 0.854. The number of Topliss-reactive ketones (excluding diaryl/α,β-unsaturated/α-hetero) is 2. The summed E-state index contributed by atoms with van der Waals surface area (Å²) in [4.78, 5) is 44.0. The van der Waals surface area contributed by atoms with Crippen LogP contribution in [0.5, 0.6) is 0 Å². The van der Waals surface area contributed by atoms with Gasteiger partial charge in [-0.15, -0.1) is 0 Å². The number of fused-ring (bicyclic) bond motifs is 2. The maximum Gasteiger partial charge on any atom is 0.181 e. The summed E-state index contributed by atoms with van der Waals surface area (Å²) in [5.41, 5.74) is 6.72. The quantitative estimate of drug-likeness (QED) is 0.139. The first-order chi connectivity index (χ1) is 26.3. The molecule has 12 nitrogen and oxygen atoms in total. The first kappa shape index (κ1) is 33.4. The number of hydrogen-bond acceptors (Lipinski definition) is 10. The molecule has 0 bridgehead atoms. The van der Waals surface area contributed by atoms with Crippen molar-refractivity contribution in [2.75, 3.05) is 0 Å². The molecule has 258 valence electrons. The standard InChI is InChI=1S/C42H28N10O2/c1-25-7-3-13-41(46-25)51-24-33-30(22-44)17-27(19-38(33)50-51)35-11-6-12-37(49-35)40(54)16-15-31-8-4-14-42(47-31)52-39-20-28(18-29(21-43)32(39)23-45-52)36-10-5-9-34(48-36)26(2)53/h3-14,17-20,23-24H,15-16H2,1-2H3. The second-order valence-corrected chi connectivity index (χ2v) is 12.7. The molecule has 0 saturated carbocycles. The maximum atomic E-state index is 13.5. The van der Waals surface area contributed by atoms with Crippen LogP contribution in [0.3, 0.4) is 0 Å². The van der Waals surface area contributed by atoms with E-state index in [0.717, 1.165) is 5.69 Å². The average Bonchev–Trinajstić information content (AvgIpc) is 3.84. The first-order valence-corrected chi connectivity index (χ1v) is 17.0. The third-order valence-corrected chi connectivity index (χ3v) is 9.02. The number of ketones is 2. The molecule has 6 aromatic heterocycles. The van der Waals surface area contributed by atoms with Gasteiger partial charge in [0.25, 0.3) is 0 Å². The number of nitrogens with zero attached hydrogens (tertiary/aromatic N) is 10. The molecule has 0 N–H and O–H groups in total. The molecule has 54 heavy (non-hydrogen) atoms. The summed E-state index contributed by atoms with van der Waals surface area (Å²) in [5, 5.41) is 30.5. The van der Waals surface area contributed by atoms with E-state index >= 15 is 0 Å². The van der Waals surface area contributed by atoms with Gasteiger partial charge in [-0.1, -0.05) is 24.3 Å². The molecular weight excluding hydrogens is 677 g/mol. The molecule has 0 fully saturated rings. The number of nitriles is 2. The SMILES string of the molecule is CC(=O)c1cccc(-c2cc(C#N)c3cnn(-c4cccc(CCC(=O)c5cccc(-c6cc(C#N)c7cn(-c8cccc(C)n8)nc7c6)n5)n4)c3c2)n1. The van der Waals surface area contributed by atoms with Crippen molar-refractivity contribution in [1.82, 2.24) is 39.5 Å². The highest BCUT2D eigenvalue weighted by atomic mass is 16.1. The second-order valence-electron chi connectivity index (χ2n) is 12.7. The van der Waals surface area contributed by atoms with Gasteiger partial charge in [0, 0.05) is 52.8 Å². The van der Waals surface area contributed by atoms with Gasteiger partial charge in [-0.2, -0.15) is 20.7 Å². The predicted octanol–water partition coefficient (Wildman–Crippen LogP) is 7.35. The van der Waals surface area contributed by atoms with E-state index in [9.17, 15) is 20.1 Å². The summed E-state index contributed by atoms with van der Waals surface area (Å²) >= 11 is 0. The molecule has 8 aromatic rings. The van der Waals surface area contributed by atoms with Crippen LogP contribution in [0.2, 0.25) is 0 Å². The highest BCUT2D eigenvalue weighted by Gasteiger charge is 2.17. The number of pyridine rings is 4. The molecule has 0 unspecified atom stereocenters. The Morgan fingerprint density at radius 3 is 2.13 bits per heavy atom. The molecule has 12 heteroatoms. The molecule has 0 aliphatic rings. The van der Waals surface area contributed by atoms with Gasteiger partial charge in [-0.3, -0.25) is 9.59 Å². The number of benzene rings is 2. The lowest BCUT2D eigenvalue weighted by Gasteiger charge is -2.09. The highest BCUT2D eigenvalue weighted by molar-refractivity contribution is 5.96. The van der Waals surface area contributed by atoms with Crippen molar-refractivity contribution < 1.29 is 9.59 Å². The van der Waals surface area contributed by atoms with Gasteiger partial charge < -0.3 is 0 Å².